The van der Waals surface area contributed by atoms with Crippen LogP contribution in [0.4, 0.5) is 0 Å². The maximum Gasteiger partial charge on any atom is 0.268 e. The van der Waals surface area contributed by atoms with E-state index in [0.717, 1.165) is 38.5 Å². The molecule has 0 bridgehead atoms. The molecule has 0 aliphatic heterocycles. The predicted molar refractivity (Wildman–Crippen MR) is 284 cm³/mol. The first-order valence-corrected chi connectivity index (χ1v) is 30.5. The topological polar surface area (TPSA) is 108 Å². The minimum atomic E-state index is -4.54. The molecule has 3 unspecified atom stereocenters. The van der Waals surface area contributed by atoms with Gasteiger partial charge in [-0.1, -0.05) is 264 Å². The number of aliphatic hydroxyl groups excluding tert-OH is 1. The number of hydrogen-bond donors (Lipinski definition) is 2. The van der Waals surface area contributed by atoms with Crippen LogP contribution in [0.25, 0.3) is 0 Å². The number of carbonyl (C=O) groups excluding carboxylic acids is 1. The van der Waals surface area contributed by atoms with Gasteiger partial charge in [-0.05, 0) is 38.5 Å². The molecule has 0 heterocycles. The van der Waals surface area contributed by atoms with Crippen molar-refractivity contribution >= 4 is 13.7 Å². The largest absolute Gasteiger partial charge is 0.756 e. The number of likely N-dealkylation sites (N-methyl/N-ethyl adjacent to an activating group) is 1. The first-order chi connectivity index (χ1) is 32.0. The standard InChI is InChI=1S/C57H115N2O6P/c1-6-8-10-11-12-13-14-15-16-17-18-19-20-21-22-23-24-25-26-27-28-29-30-31-32-33-34-35-36-37-38-39-40-41-42-43-44-45-46-47-49-51-57(61)58-55(56(60)50-48-9-7-2)54-65-66(62,63)64-53-52-59(3,4)5/h17-18,55-56,60H,6-16,19-54H2,1-5H3,(H-,58,61,62,63)/b18-17-. The summed E-state index contributed by atoms with van der Waals surface area (Å²) in [6.45, 7) is 4.57. The molecular formula is C57H115N2O6P. The summed E-state index contributed by atoms with van der Waals surface area (Å²) in [5.74, 6) is -0.171. The van der Waals surface area contributed by atoms with Crippen molar-refractivity contribution in [3.63, 3.8) is 0 Å². The number of unbranched alkanes of at least 4 members (excludes halogenated alkanes) is 39. The van der Waals surface area contributed by atoms with Gasteiger partial charge in [0, 0.05) is 6.42 Å². The average Bonchev–Trinajstić information content (AvgIpc) is 3.27. The Labute approximate surface area is 412 Å². The maximum absolute atomic E-state index is 12.7. The summed E-state index contributed by atoms with van der Waals surface area (Å²) < 4.78 is 23.0. The van der Waals surface area contributed by atoms with Gasteiger partial charge in [-0.3, -0.25) is 9.36 Å². The van der Waals surface area contributed by atoms with Gasteiger partial charge < -0.3 is 28.8 Å². The van der Waals surface area contributed by atoms with Gasteiger partial charge in [0.05, 0.1) is 39.9 Å². The van der Waals surface area contributed by atoms with Gasteiger partial charge in [-0.25, -0.2) is 0 Å². The highest BCUT2D eigenvalue weighted by Crippen LogP contribution is 2.38. The van der Waals surface area contributed by atoms with Crippen LogP contribution in [0.5, 0.6) is 0 Å². The number of carbonyl (C=O) groups is 1. The lowest BCUT2D eigenvalue weighted by atomic mass is 10.0. The Morgan fingerprint density at radius 2 is 0.833 bits per heavy atom. The lowest BCUT2D eigenvalue weighted by Gasteiger charge is -2.30. The molecule has 0 rings (SSSR count). The third kappa shape index (κ3) is 51.1. The summed E-state index contributed by atoms with van der Waals surface area (Å²) >= 11 is 0. The van der Waals surface area contributed by atoms with Gasteiger partial charge in [-0.15, -0.1) is 0 Å². The van der Waals surface area contributed by atoms with Gasteiger partial charge in [0.1, 0.15) is 13.2 Å². The van der Waals surface area contributed by atoms with Gasteiger partial charge in [-0.2, -0.15) is 0 Å². The monoisotopic (exact) mass is 955 g/mol. The van der Waals surface area contributed by atoms with Crippen molar-refractivity contribution in [1.29, 1.82) is 0 Å². The van der Waals surface area contributed by atoms with Gasteiger partial charge in [0.2, 0.25) is 5.91 Å². The summed E-state index contributed by atoms with van der Waals surface area (Å²) in [7, 11) is 1.31. The zero-order chi connectivity index (χ0) is 48.5. The Balaban J connectivity index is 3.53. The molecule has 0 aromatic rings. The molecule has 0 saturated heterocycles. The fourth-order valence-corrected chi connectivity index (χ4v) is 9.64. The van der Waals surface area contributed by atoms with Crippen LogP contribution in [0.1, 0.15) is 296 Å². The molecule has 2 N–H and O–H groups in total. The molecule has 0 aliphatic rings. The van der Waals surface area contributed by atoms with E-state index < -0.39 is 20.0 Å². The van der Waals surface area contributed by atoms with Crippen molar-refractivity contribution in [3.8, 4) is 0 Å². The Morgan fingerprint density at radius 1 is 0.515 bits per heavy atom. The Hall–Kier alpha value is -0.760. The fraction of sp³-hybridized carbons (Fsp3) is 0.947. The number of amides is 1. The summed E-state index contributed by atoms with van der Waals surface area (Å²) in [4.78, 5) is 25.0. The molecular weight excluding hydrogens is 840 g/mol. The van der Waals surface area contributed by atoms with E-state index in [1.165, 1.54) is 231 Å². The Kier molecular flexibility index (Phi) is 48.7. The number of rotatable bonds is 54. The molecule has 0 fully saturated rings. The number of nitrogens with one attached hydrogen (secondary N) is 1. The van der Waals surface area contributed by atoms with E-state index in [2.05, 4.69) is 31.3 Å². The first kappa shape index (κ1) is 65.2. The third-order valence-electron chi connectivity index (χ3n) is 13.5. The Morgan fingerprint density at radius 3 is 1.18 bits per heavy atom. The number of nitrogens with zero attached hydrogens (tertiary/aromatic N) is 1. The van der Waals surface area contributed by atoms with Crippen LogP contribution in [0.3, 0.4) is 0 Å². The summed E-state index contributed by atoms with van der Waals surface area (Å²) in [6.07, 6.45) is 61.1. The summed E-state index contributed by atoms with van der Waals surface area (Å²) in [5, 5.41) is 13.6. The second-order valence-corrected chi connectivity index (χ2v) is 22.8. The molecule has 0 aromatic heterocycles. The van der Waals surface area contributed by atoms with Crippen molar-refractivity contribution in [2.75, 3.05) is 40.9 Å². The first-order valence-electron chi connectivity index (χ1n) is 29.0. The van der Waals surface area contributed by atoms with Crippen LogP contribution in [-0.4, -0.2) is 68.5 Å². The zero-order valence-electron chi connectivity index (χ0n) is 44.9. The molecule has 0 aliphatic carbocycles. The quantitative estimate of drug-likeness (QED) is 0.0272. The van der Waals surface area contributed by atoms with E-state index in [-0.39, 0.29) is 19.1 Å². The molecule has 0 saturated carbocycles. The SMILES string of the molecule is CCCCCCCCCC/C=C\CCCCCCCCCCCCCCCCCCCCCCCCCCCCCCCC(=O)NC(COP(=O)([O-])OCC[N+](C)(C)C)C(O)CCCCC. The summed E-state index contributed by atoms with van der Waals surface area (Å²) in [5.41, 5.74) is 0. The number of aliphatic hydroxyl groups is 1. The van der Waals surface area contributed by atoms with Crippen molar-refractivity contribution in [1.82, 2.24) is 5.32 Å². The maximum atomic E-state index is 12.7. The van der Waals surface area contributed by atoms with Crippen LogP contribution in [0.15, 0.2) is 12.2 Å². The highest BCUT2D eigenvalue weighted by molar-refractivity contribution is 7.45. The van der Waals surface area contributed by atoms with Crippen molar-refractivity contribution in [2.24, 2.45) is 0 Å². The molecule has 0 radical (unpaired) electrons. The van der Waals surface area contributed by atoms with Crippen molar-refractivity contribution in [2.45, 2.75) is 309 Å². The molecule has 8 nitrogen and oxygen atoms in total. The van der Waals surface area contributed by atoms with Crippen LogP contribution in [-0.2, 0) is 18.4 Å². The normalized spacial score (nSPS) is 14.0. The third-order valence-corrected chi connectivity index (χ3v) is 14.5. The predicted octanol–water partition coefficient (Wildman–Crippen LogP) is 16.8. The Bertz CT molecular complexity index is 1080. The minimum absolute atomic E-state index is 0.0134. The van der Waals surface area contributed by atoms with Crippen molar-refractivity contribution < 1.29 is 32.9 Å². The van der Waals surface area contributed by atoms with E-state index in [0.29, 0.717) is 23.9 Å². The van der Waals surface area contributed by atoms with Gasteiger partial charge in [0.15, 0.2) is 0 Å². The molecule has 3 atom stereocenters. The summed E-state index contributed by atoms with van der Waals surface area (Å²) in [6, 6.07) is -0.791. The second-order valence-electron chi connectivity index (χ2n) is 21.4. The van der Waals surface area contributed by atoms with E-state index in [1.807, 2.05) is 21.1 Å². The highest BCUT2D eigenvalue weighted by atomic mass is 31.2. The van der Waals surface area contributed by atoms with Crippen LogP contribution in [0, 0.1) is 0 Å². The number of quaternary nitrogens is 1. The van der Waals surface area contributed by atoms with E-state index in [1.54, 1.807) is 0 Å². The lowest BCUT2D eigenvalue weighted by Crippen LogP contribution is -2.46. The van der Waals surface area contributed by atoms with Gasteiger partial charge >= 0.3 is 0 Å². The van der Waals surface area contributed by atoms with Crippen LogP contribution in [0.2, 0.25) is 0 Å². The number of hydrogen-bond acceptors (Lipinski definition) is 6. The smallest absolute Gasteiger partial charge is 0.268 e. The number of allylic oxidation sites excluding steroid dienone is 2. The number of phosphoric acid groups is 1. The molecule has 394 valence electrons. The van der Waals surface area contributed by atoms with Crippen LogP contribution >= 0.6 is 7.82 Å². The zero-order valence-corrected chi connectivity index (χ0v) is 45.8. The molecule has 1 amide bonds. The molecule has 9 heteroatoms. The minimum Gasteiger partial charge on any atom is -0.756 e. The van der Waals surface area contributed by atoms with Crippen molar-refractivity contribution in [3.05, 3.63) is 12.2 Å². The highest BCUT2D eigenvalue weighted by Gasteiger charge is 2.24. The fourth-order valence-electron chi connectivity index (χ4n) is 8.92. The lowest BCUT2D eigenvalue weighted by molar-refractivity contribution is -0.870. The van der Waals surface area contributed by atoms with Crippen LogP contribution < -0.4 is 10.2 Å². The number of phosphoric ester groups is 1. The van der Waals surface area contributed by atoms with E-state index in [9.17, 15) is 19.4 Å². The molecule has 0 aromatic carbocycles. The molecule has 0 spiro atoms. The van der Waals surface area contributed by atoms with Gasteiger partial charge in [0.25, 0.3) is 7.82 Å². The van der Waals surface area contributed by atoms with E-state index >= 15 is 0 Å². The van der Waals surface area contributed by atoms with E-state index in [4.69, 9.17) is 9.05 Å². The molecule has 66 heavy (non-hydrogen) atoms. The average molecular weight is 956 g/mol. The second kappa shape index (κ2) is 49.2.